The largest absolute Gasteiger partial charge is 0.256 e. The Morgan fingerprint density at radius 3 is 2.62 bits per heavy atom. The van der Waals surface area contributed by atoms with E-state index in [1.54, 1.807) is 12.5 Å². The summed E-state index contributed by atoms with van der Waals surface area (Å²) in [6, 6.07) is 4.42. The van der Waals surface area contributed by atoms with Crippen molar-refractivity contribution in [3.63, 3.8) is 0 Å². The molecule has 2 heterocycles. The van der Waals surface area contributed by atoms with Crippen LogP contribution in [0.3, 0.4) is 0 Å². The van der Waals surface area contributed by atoms with Crippen LogP contribution < -0.4 is 0 Å². The van der Waals surface area contributed by atoms with Gasteiger partial charge in [-0.25, -0.2) is 9.97 Å². The Morgan fingerprint density at radius 1 is 1.04 bits per heavy atom. The lowest BCUT2D eigenvalue weighted by atomic mass is 9.89. The topological polar surface area (TPSA) is 62.5 Å². The van der Waals surface area contributed by atoms with E-state index >= 15 is 0 Å². The molecule has 2 aliphatic rings. The van der Waals surface area contributed by atoms with Crippen molar-refractivity contribution in [3.8, 4) is 17.3 Å². The van der Waals surface area contributed by atoms with Crippen LogP contribution in [-0.2, 0) is 12.8 Å². The molecule has 4 rings (SSSR count). The molecule has 2 aromatic rings. The first-order valence-corrected chi connectivity index (χ1v) is 9.10. The number of pyridine rings is 1. The van der Waals surface area contributed by atoms with Crippen LogP contribution in [0.2, 0.25) is 0 Å². The molecule has 1 saturated carbocycles. The molecule has 0 saturated heterocycles. The molecule has 2 aromatic heterocycles. The van der Waals surface area contributed by atoms with E-state index in [2.05, 4.69) is 16.0 Å². The second kappa shape index (κ2) is 6.68. The third-order valence-corrected chi connectivity index (χ3v) is 5.44. The average molecular weight is 318 g/mol. The van der Waals surface area contributed by atoms with E-state index < -0.39 is 0 Å². The van der Waals surface area contributed by atoms with Gasteiger partial charge < -0.3 is 0 Å². The summed E-state index contributed by atoms with van der Waals surface area (Å²) < 4.78 is 0. The zero-order chi connectivity index (χ0) is 16.4. The van der Waals surface area contributed by atoms with Gasteiger partial charge in [0.25, 0.3) is 0 Å². The van der Waals surface area contributed by atoms with Gasteiger partial charge in [-0.2, -0.15) is 5.26 Å². The second-order valence-electron chi connectivity index (χ2n) is 6.92. The first-order valence-electron chi connectivity index (χ1n) is 9.10. The predicted octanol–water partition coefficient (Wildman–Crippen LogP) is 4.34. The van der Waals surface area contributed by atoms with Crippen LogP contribution in [0.25, 0.3) is 11.3 Å². The molecule has 0 radical (unpaired) electrons. The lowest BCUT2D eigenvalue weighted by molar-refractivity contribution is 0.681. The van der Waals surface area contributed by atoms with Crippen molar-refractivity contribution in [2.45, 2.75) is 63.7 Å². The van der Waals surface area contributed by atoms with E-state index in [-0.39, 0.29) is 0 Å². The summed E-state index contributed by atoms with van der Waals surface area (Å²) in [6.45, 7) is 0. The van der Waals surface area contributed by atoms with Gasteiger partial charge in [0.1, 0.15) is 12.4 Å². The molecule has 1 fully saturated rings. The molecular weight excluding hydrogens is 296 g/mol. The third kappa shape index (κ3) is 2.69. The summed E-state index contributed by atoms with van der Waals surface area (Å²) in [5.41, 5.74) is 6.17. The Labute approximate surface area is 143 Å². The van der Waals surface area contributed by atoms with Gasteiger partial charge in [0.05, 0.1) is 17.0 Å². The fourth-order valence-corrected chi connectivity index (χ4v) is 4.27. The number of nitriles is 1. The first-order chi connectivity index (χ1) is 11.9. The van der Waals surface area contributed by atoms with Gasteiger partial charge in [-0.3, -0.25) is 4.98 Å². The number of hydrogen-bond donors (Lipinski definition) is 0. The molecular formula is C20H22N4. The normalized spacial score (nSPS) is 18.0. The number of fused-ring (bicyclic) bond motifs is 1. The zero-order valence-electron chi connectivity index (χ0n) is 14.0. The van der Waals surface area contributed by atoms with Crippen LogP contribution in [0, 0.1) is 11.3 Å². The molecule has 4 heteroatoms. The molecule has 0 spiro atoms. The van der Waals surface area contributed by atoms with Crippen LogP contribution in [0.15, 0.2) is 18.6 Å². The summed E-state index contributed by atoms with van der Waals surface area (Å²) in [6.07, 6.45) is 13.8. The van der Waals surface area contributed by atoms with Crippen molar-refractivity contribution >= 4 is 0 Å². The fraction of sp³-hybridized carbons (Fsp3) is 0.500. The Bertz CT molecular complexity index is 770. The Hall–Kier alpha value is -2.28. The number of aryl methyl sites for hydroxylation is 1. The molecule has 0 unspecified atom stereocenters. The van der Waals surface area contributed by atoms with Gasteiger partial charge in [-0.15, -0.1) is 0 Å². The number of aromatic nitrogens is 3. The van der Waals surface area contributed by atoms with Crippen molar-refractivity contribution in [2.24, 2.45) is 0 Å². The molecule has 0 aliphatic heterocycles. The van der Waals surface area contributed by atoms with Crippen LogP contribution >= 0.6 is 0 Å². The summed E-state index contributed by atoms with van der Waals surface area (Å²) in [7, 11) is 0. The molecule has 0 bridgehead atoms. The van der Waals surface area contributed by atoms with Crippen LogP contribution in [-0.4, -0.2) is 15.0 Å². The predicted molar refractivity (Wildman–Crippen MR) is 92.4 cm³/mol. The maximum Gasteiger partial charge on any atom is 0.116 e. The first kappa shape index (κ1) is 15.3. The van der Waals surface area contributed by atoms with Crippen molar-refractivity contribution < 1.29 is 0 Å². The van der Waals surface area contributed by atoms with Gasteiger partial charge in [0.2, 0.25) is 0 Å². The second-order valence-corrected chi connectivity index (χ2v) is 6.92. The third-order valence-electron chi connectivity index (χ3n) is 5.44. The van der Waals surface area contributed by atoms with Crippen LogP contribution in [0.5, 0.6) is 0 Å². The van der Waals surface area contributed by atoms with E-state index in [0.717, 1.165) is 48.2 Å². The SMILES string of the molecule is N#Cc1c(C2CCCC2)nc2c(c1-c1ccncn1)CCCCC2. The van der Waals surface area contributed by atoms with Crippen molar-refractivity contribution in [1.29, 1.82) is 5.26 Å². The minimum Gasteiger partial charge on any atom is -0.256 e. The molecule has 2 aliphatic carbocycles. The van der Waals surface area contributed by atoms with E-state index in [1.165, 1.54) is 43.4 Å². The summed E-state index contributed by atoms with van der Waals surface area (Å²) >= 11 is 0. The van der Waals surface area contributed by atoms with Gasteiger partial charge in [-0.05, 0) is 50.2 Å². The summed E-state index contributed by atoms with van der Waals surface area (Å²) in [4.78, 5) is 13.6. The van der Waals surface area contributed by atoms with Crippen LogP contribution in [0.1, 0.15) is 73.4 Å². The number of hydrogen-bond acceptors (Lipinski definition) is 4. The molecule has 4 nitrogen and oxygen atoms in total. The Morgan fingerprint density at radius 2 is 1.88 bits per heavy atom. The molecule has 0 amide bonds. The van der Waals surface area contributed by atoms with E-state index in [9.17, 15) is 5.26 Å². The van der Waals surface area contributed by atoms with Gasteiger partial charge in [0.15, 0.2) is 0 Å². The van der Waals surface area contributed by atoms with Crippen molar-refractivity contribution in [2.75, 3.05) is 0 Å². The van der Waals surface area contributed by atoms with Gasteiger partial charge in [0, 0.05) is 23.4 Å². The molecule has 0 aromatic carbocycles. The highest BCUT2D eigenvalue weighted by molar-refractivity contribution is 5.73. The quantitative estimate of drug-likeness (QED) is 0.773. The lowest BCUT2D eigenvalue weighted by Gasteiger charge is -2.19. The minimum atomic E-state index is 0.439. The zero-order valence-corrected chi connectivity index (χ0v) is 14.0. The van der Waals surface area contributed by atoms with E-state index in [4.69, 9.17) is 4.98 Å². The van der Waals surface area contributed by atoms with Gasteiger partial charge >= 0.3 is 0 Å². The maximum atomic E-state index is 9.96. The molecule has 0 N–H and O–H groups in total. The minimum absolute atomic E-state index is 0.439. The average Bonchev–Trinajstić information content (AvgIpc) is 3.06. The molecule has 0 atom stereocenters. The Balaban J connectivity index is 1.97. The summed E-state index contributed by atoms with van der Waals surface area (Å²) in [5, 5.41) is 9.96. The molecule has 122 valence electrons. The standard InChI is InChI=1S/C20H22N4/c21-12-16-19(18-10-11-22-13-23-18)15-8-2-1-3-9-17(15)24-20(16)14-6-4-5-7-14/h10-11,13-14H,1-9H2. The monoisotopic (exact) mass is 318 g/mol. The maximum absolute atomic E-state index is 9.96. The highest BCUT2D eigenvalue weighted by Gasteiger charge is 2.28. The lowest BCUT2D eigenvalue weighted by Crippen LogP contribution is -2.10. The van der Waals surface area contributed by atoms with Crippen molar-refractivity contribution in [1.82, 2.24) is 15.0 Å². The Kier molecular flexibility index (Phi) is 4.25. The highest BCUT2D eigenvalue weighted by Crippen LogP contribution is 2.40. The fourth-order valence-electron chi connectivity index (χ4n) is 4.27. The highest BCUT2D eigenvalue weighted by atomic mass is 14.8. The number of rotatable bonds is 2. The smallest absolute Gasteiger partial charge is 0.116 e. The van der Waals surface area contributed by atoms with Crippen molar-refractivity contribution in [3.05, 3.63) is 41.1 Å². The van der Waals surface area contributed by atoms with Gasteiger partial charge in [-0.1, -0.05) is 19.3 Å². The van der Waals surface area contributed by atoms with E-state index in [1.807, 2.05) is 6.07 Å². The van der Waals surface area contributed by atoms with E-state index in [0.29, 0.717) is 5.92 Å². The number of nitrogens with zero attached hydrogens (tertiary/aromatic N) is 4. The molecule has 24 heavy (non-hydrogen) atoms. The van der Waals surface area contributed by atoms with Crippen LogP contribution in [0.4, 0.5) is 0 Å². The summed E-state index contributed by atoms with van der Waals surface area (Å²) in [5.74, 6) is 0.439.